The number of rotatable bonds is 2. The van der Waals surface area contributed by atoms with Crippen molar-refractivity contribution in [3.8, 4) is 0 Å². The van der Waals surface area contributed by atoms with E-state index in [2.05, 4.69) is 5.48 Å². The molecule has 1 aliphatic heterocycles. The van der Waals surface area contributed by atoms with E-state index in [9.17, 15) is 8.78 Å². The minimum atomic E-state index is -0.995. The van der Waals surface area contributed by atoms with Crippen molar-refractivity contribution >= 4 is 0 Å². The number of hydrogen-bond acceptors (Lipinski definition) is 2. The number of benzene rings is 1. The first-order chi connectivity index (χ1) is 6.78. The lowest BCUT2D eigenvalue weighted by Crippen LogP contribution is -2.39. The lowest BCUT2D eigenvalue weighted by molar-refractivity contribution is 0.0499. The van der Waals surface area contributed by atoms with Crippen LogP contribution in [0.5, 0.6) is 0 Å². The van der Waals surface area contributed by atoms with Crippen molar-refractivity contribution in [1.82, 2.24) is 5.48 Å². The molecule has 0 spiro atoms. The Balaban J connectivity index is 2.41. The van der Waals surface area contributed by atoms with Gasteiger partial charge in [0.2, 0.25) is 0 Å². The molecule has 0 amide bonds. The Morgan fingerprint density at radius 1 is 1.43 bits per heavy atom. The van der Waals surface area contributed by atoms with E-state index in [-0.39, 0.29) is 0 Å². The Hall–Kier alpha value is -1.00. The van der Waals surface area contributed by atoms with Gasteiger partial charge in [0.1, 0.15) is 18.0 Å². The smallest absolute Gasteiger partial charge is 0.128 e. The van der Waals surface area contributed by atoms with Gasteiger partial charge in [0.05, 0.1) is 6.61 Å². The van der Waals surface area contributed by atoms with Crippen LogP contribution in [0.2, 0.25) is 0 Å². The first kappa shape index (κ1) is 9.55. The van der Waals surface area contributed by atoms with Crippen molar-refractivity contribution < 1.29 is 13.6 Å². The molecular formula is C10H11F2NO. The van der Waals surface area contributed by atoms with E-state index < -0.39 is 18.0 Å². The minimum absolute atomic E-state index is 0.333. The topological polar surface area (TPSA) is 21.3 Å². The quantitative estimate of drug-likeness (QED) is 0.785. The molecule has 0 bridgehead atoms. The third kappa shape index (κ3) is 1.40. The molecule has 1 aromatic carbocycles. The van der Waals surface area contributed by atoms with Crippen molar-refractivity contribution in [2.24, 2.45) is 0 Å². The Morgan fingerprint density at radius 2 is 2.21 bits per heavy atom. The standard InChI is InChI=1S/C10H11F2NO/c11-7-10(5-6-14-13-10)8-3-1-2-4-9(8)12/h1-4,13H,5-7H2/t10-/m1/s1. The van der Waals surface area contributed by atoms with E-state index in [1.54, 1.807) is 18.2 Å². The molecule has 0 saturated carbocycles. The fourth-order valence-corrected chi connectivity index (χ4v) is 1.67. The Morgan fingerprint density at radius 3 is 2.79 bits per heavy atom. The summed E-state index contributed by atoms with van der Waals surface area (Å²) < 4.78 is 26.3. The zero-order valence-electron chi connectivity index (χ0n) is 7.59. The summed E-state index contributed by atoms with van der Waals surface area (Å²) in [6.45, 7) is -0.272. The molecule has 1 aromatic rings. The van der Waals surface area contributed by atoms with Crippen molar-refractivity contribution in [3.63, 3.8) is 0 Å². The van der Waals surface area contributed by atoms with Crippen LogP contribution in [0.25, 0.3) is 0 Å². The van der Waals surface area contributed by atoms with E-state index in [0.29, 0.717) is 18.6 Å². The summed E-state index contributed by atoms with van der Waals surface area (Å²) in [5.41, 5.74) is 1.90. The predicted octanol–water partition coefficient (Wildman–Crippen LogP) is 1.92. The molecule has 1 fully saturated rings. The summed E-state index contributed by atoms with van der Waals surface area (Å²) in [5, 5.41) is 0. The average Bonchev–Trinajstić information content (AvgIpc) is 2.68. The maximum absolute atomic E-state index is 13.4. The molecule has 1 atom stereocenters. The van der Waals surface area contributed by atoms with Gasteiger partial charge in [0, 0.05) is 5.56 Å². The summed E-state index contributed by atoms with van der Waals surface area (Å²) in [6, 6.07) is 6.18. The highest BCUT2D eigenvalue weighted by Gasteiger charge is 2.38. The largest absolute Gasteiger partial charge is 0.301 e. The van der Waals surface area contributed by atoms with Crippen LogP contribution in [0.1, 0.15) is 12.0 Å². The van der Waals surface area contributed by atoms with Gasteiger partial charge in [-0.25, -0.2) is 8.78 Å². The third-order valence-electron chi connectivity index (χ3n) is 2.52. The van der Waals surface area contributed by atoms with Gasteiger partial charge in [-0.15, -0.1) is 0 Å². The molecule has 1 saturated heterocycles. The molecule has 1 N–H and O–H groups in total. The average molecular weight is 199 g/mol. The van der Waals surface area contributed by atoms with Gasteiger partial charge in [-0.3, -0.25) is 0 Å². The van der Waals surface area contributed by atoms with Crippen molar-refractivity contribution in [3.05, 3.63) is 35.6 Å². The number of nitrogens with one attached hydrogen (secondary N) is 1. The molecule has 1 aliphatic rings. The van der Waals surface area contributed by atoms with Gasteiger partial charge in [0.25, 0.3) is 0 Å². The molecule has 14 heavy (non-hydrogen) atoms. The second-order valence-corrected chi connectivity index (χ2v) is 3.40. The van der Waals surface area contributed by atoms with Gasteiger partial charge in [-0.2, -0.15) is 5.48 Å². The van der Waals surface area contributed by atoms with Gasteiger partial charge in [0.15, 0.2) is 0 Å². The number of halogens is 2. The van der Waals surface area contributed by atoms with Gasteiger partial charge in [-0.1, -0.05) is 18.2 Å². The molecule has 4 heteroatoms. The van der Waals surface area contributed by atoms with Crippen LogP contribution in [0.15, 0.2) is 24.3 Å². The Labute approximate surface area is 80.8 Å². The Kier molecular flexibility index (Phi) is 2.48. The second kappa shape index (κ2) is 3.63. The monoisotopic (exact) mass is 199 g/mol. The van der Waals surface area contributed by atoms with Crippen LogP contribution in [0.3, 0.4) is 0 Å². The van der Waals surface area contributed by atoms with Crippen LogP contribution in [0, 0.1) is 5.82 Å². The molecule has 0 aromatic heterocycles. The molecule has 1 heterocycles. The third-order valence-corrected chi connectivity index (χ3v) is 2.52. The molecule has 76 valence electrons. The van der Waals surface area contributed by atoms with E-state index in [4.69, 9.17) is 4.84 Å². The molecule has 0 aliphatic carbocycles. The number of hydrogen-bond donors (Lipinski definition) is 1. The lowest BCUT2D eigenvalue weighted by Gasteiger charge is -2.24. The highest BCUT2D eigenvalue weighted by atomic mass is 19.1. The number of hydroxylamine groups is 1. The molecule has 2 nitrogen and oxygen atoms in total. The minimum Gasteiger partial charge on any atom is -0.301 e. The van der Waals surface area contributed by atoms with Crippen molar-refractivity contribution in [2.45, 2.75) is 12.0 Å². The second-order valence-electron chi connectivity index (χ2n) is 3.40. The van der Waals surface area contributed by atoms with Crippen LogP contribution in [0.4, 0.5) is 8.78 Å². The van der Waals surface area contributed by atoms with Gasteiger partial charge >= 0.3 is 0 Å². The van der Waals surface area contributed by atoms with Crippen LogP contribution in [-0.4, -0.2) is 13.3 Å². The first-order valence-electron chi connectivity index (χ1n) is 4.48. The highest BCUT2D eigenvalue weighted by molar-refractivity contribution is 5.26. The fraction of sp³-hybridized carbons (Fsp3) is 0.400. The number of alkyl halides is 1. The fourth-order valence-electron chi connectivity index (χ4n) is 1.67. The van der Waals surface area contributed by atoms with E-state index in [1.807, 2.05) is 0 Å². The first-order valence-corrected chi connectivity index (χ1v) is 4.48. The van der Waals surface area contributed by atoms with E-state index in [0.717, 1.165) is 0 Å². The van der Waals surface area contributed by atoms with Gasteiger partial charge in [-0.05, 0) is 12.5 Å². The molecular weight excluding hydrogens is 188 g/mol. The van der Waals surface area contributed by atoms with Gasteiger partial charge < -0.3 is 4.84 Å². The molecule has 0 unspecified atom stereocenters. The van der Waals surface area contributed by atoms with E-state index in [1.165, 1.54) is 6.07 Å². The lowest BCUT2D eigenvalue weighted by atomic mass is 9.89. The summed E-state index contributed by atoms with van der Waals surface area (Å²) in [5.74, 6) is -0.400. The van der Waals surface area contributed by atoms with Crippen LogP contribution >= 0.6 is 0 Å². The molecule has 0 radical (unpaired) electrons. The summed E-state index contributed by atoms with van der Waals surface area (Å²) in [7, 11) is 0. The Bertz CT molecular complexity index is 324. The maximum Gasteiger partial charge on any atom is 0.128 e. The SMILES string of the molecule is FC[C@@]1(c2ccccc2F)CCON1. The molecule has 2 rings (SSSR count). The normalized spacial score (nSPS) is 26.7. The highest BCUT2D eigenvalue weighted by Crippen LogP contribution is 2.31. The summed E-state index contributed by atoms with van der Waals surface area (Å²) >= 11 is 0. The van der Waals surface area contributed by atoms with Crippen molar-refractivity contribution in [2.75, 3.05) is 13.3 Å². The van der Waals surface area contributed by atoms with Crippen LogP contribution < -0.4 is 5.48 Å². The zero-order chi connectivity index (χ0) is 10.0. The van der Waals surface area contributed by atoms with Crippen LogP contribution in [-0.2, 0) is 10.4 Å². The van der Waals surface area contributed by atoms with E-state index >= 15 is 0 Å². The zero-order valence-corrected chi connectivity index (χ0v) is 7.59. The predicted molar refractivity (Wildman–Crippen MR) is 47.8 cm³/mol. The summed E-state index contributed by atoms with van der Waals surface area (Å²) in [6.07, 6.45) is 0.449. The van der Waals surface area contributed by atoms with Crippen molar-refractivity contribution in [1.29, 1.82) is 0 Å². The maximum atomic E-state index is 13.4. The summed E-state index contributed by atoms with van der Waals surface area (Å²) in [4.78, 5) is 4.90.